The summed E-state index contributed by atoms with van der Waals surface area (Å²) in [6.45, 7) is -0.266. The lowest BCUT2D eigenvalue weighted by atomic mass is 10.2. The van der Waals surface area contributed by atoms with Crippen molar-refractivity contribution in [3.63, 3.8) is 0 Å². The van der Waals surface area contributed by atoms with Gasteiger partial charge in [-0.25, -0.2) is 0 Å². The van der Waals surface area contributed by atoms with E-state index in [9.17, 15) is 22.8 Å². The number of benzene rings is 2. The lowest BCUT2D eigenvalue weighted by Crippen LogP contribution is -2.20. The average molecular weight is 354 g/mol. The largest absolute Gasteiger partial charge is 0.573 e. The van der Waals surface area contributed by atoms with Crippen LogP contribution in [0.1, 0.15) is 10.4 Å². The van der Waals surface area contributed by atoms with Gasteiger partial charge in [0.05, 0.1) is 0 Å². The number of anilines is 1. The van der Waals surface area contributed by atoms with Crippen molar-refractivity contribution in [3.05, 3.63) is 54.1 Å². The minimum atomic E-state index is -4.79. The van der Waals surface area contributed by atoms with Gasteiger partial charge in [0.15, 0.2) is 6.61 Å². The van der Waals surface area contributed by atoms with Gasteiger partial charge in [0.2, 0.25) is 0 Å². The number of nitrogens with two attached hydrogens (primary N) is 1. The molecule has 0 saturated carbocycles. The second-order valence-corrected chi connectivity index (χ2v) is 4.81. The van der Waals surface area contributed by atoms with Crippen LogP contribution in [0.4, 0.5) is 18.9 Å². The van der Waals surface area contributed by atoms with E-state index in [1.54, 1.807) is 0 Å². The van der Waals surface area contributed by atoms with Gasteiger partial charge in [-0.3, -0.25) is 9.59 Å². The summed E-state index contributed by atoms with van der Waals surface area (Å²) in [5, 5.41) is 2.57. The Kier molecular flexibility index (Phi) is 5.48. The number of carbonyl (C=O) groups excluding carboxylic acids is 2. The molecule has 0 unspecified atom stereocenters. The van der Waals surface area contributed by atoms with Crippen LogP contribution in [0.5, 0.6) is 11.5 Å². The monoisotopic (exact) mass is 354 g/mol. The summed E-state index contributed by atoms with van der Waals surface area (Å²) in [6, 6.07) is 10.6. The Balaban J connectivity index is 1.96. The third-order valence-corrected chi connectivity index (χ3v) is 2.84. The number of hydrogen-bond donors (Lipinski definition) is 2. The molecule has 0 atom stereocenters. The smallest absolute Gasteiger partial charge is 0.484 e. The number of hydrogen-bond acceptors (Lipinski definition) is 4. The molecule has 0 bridgehead atoms. The molecule has 0 heterocycles. The summed E-state index contributed by atoms with van der Waals surface area (Å²) in [7, 11) is 0. The molecule has 0 spiro atoms. The van der Waals surface area contributed by atoms with Crippen molar-refractivity contribution in [2.45, 2.75) is 6.36 Å². The fourth-order valence-electron chi connectivity index (χ4n) is 1.80. The molecule has 0 fully saturated rings. The van der Waals surface area contributed by atoms with Gasteiger partial charge < -0.3 is 20.5 Å². The zero-order valence-electron chi connectivity index (χ0n) is 12.7. The molecule has 3 N–H and O–H groups in total. The summed E-state index contributed by atoms with van der Waals surface area (Å²) in [4.78, 5) is 22.7. The third-order valence-electron chi connectivity index (χ3n) is 2.84. The Hall–Kier alpha value is -3.23. The van der Waals surface area contributed by atoms with Crippen LogP contribution in [-0.2, 0) is 4.79 Å². The van der Waals surface area contributed by atoms with Gasteiger partial charge in [-0.15, -0.1) is 13.2 Å². The maximum absolute atomic E-state index is 12.1. The van der Waals surface area contributed by atoms with Crippen molar-refractivity contribution in [1.82, 2.24) is 0 Å². The zero-order chi connectivity index (χ0) is 18.4. The van der Waals surface area contributed by atoms with Crippen LogP contribution in [0.2, 0.25) is 0 Å². The van der Waals surface area contributed by atoms with Crippen molar-refractivity contribution < 1.29 is 32.2 Å². The van der Waals surface area contributed by atoms with E-state index in [1.807, 2.05) is 0 Å². The van der Waals surface area contributed by atoms with Gasteiger partial charge in [-0.2, -0.15) is 0 Å². The second kappa shape index (κ2) is 7.56. The molecule has 9 heteroatoms. The molecule has 132 valence electrons. The highest BCUT2D eigenvalue weighted by Gasteiger charge is 2.31. The second-order valence-electron chi connectivity index (χ2n) is 4.81. The summed E-state index contributed by atoms with van der Waals surface area (Å²) in [5.74, 6) is -1.15. The van der Waals surface area contributed by atoms with Gasteiger partial charge in [0, 0.05) is 11.3 Å². The van der Waals surface area contributed by atoms with Crippen LogP contribution in [0.25, 0.3) is 0 Å². The van der Waals surface area contributed by atoms with Gasteiger partial charge in [-0.05, 0) is 48.5 Å². The highest BCUT2D eigenvalue weighted by Crippen LogP contribution is 2.23. The van der Waals surface area contributed by atoms with E-state index in [4.69, 9.17) is 10.5 Å². The van der Waals surface area contributed by atoms with E-state index in [-0.39, 0.29) is 12.2 Å². The molecular formula is C16H13F3N2O4. The highest BCUT2D eigenvalue weighted by molar-refractivity contribution is 6.04. The first-order chi connectivity index (χ1) is 11.7. The van der Waals surface area contributed by atoms with Crippen LogP contribution >= 0.6 is 0 Å². The van der Waals surface area contributed by atoms with Crippen molar-refractivity contribution in [2.24, 2.45) is 5.73 Å². The SMILES string of the molecule is NC(=O)COc1ccc(NC(=O)c2ccc(OC(F)(F)F)cc2)cc1. The third kappa shape index (κ3) is 6.05. The summed E-state index contributed by atoms with van der Waals surface area (Å²) in [6.07, 6.45) is -4.79. The molecule has 2 aromatic carbocycles. The van der Waals surface area contributed by atoms with Gasteiger partial charge in [0.25, 0.3) is 11.8 Å². The van der Waals surface area contributed by atoms with Crippen molar-refractivity contribution >= 4 is 17.5 Å². The van der Waals surface area contributed by atoms with E-state index >= 15 is 0 Å². The molecule has 0 saturated heterocycles. The molecule has 2 aromatic rings. The molecule has 2 rings (SSSR count). The Labute approximate surface area is 140 Å². The fourth-order valence-corrected chi connectivity index (χ4v) is 1.80. The van der Waals surface area contributed by atoms with Gasteiger partial charge in [0.1, 0.15) is 11.5 Å². The van der Waals surface area contributed by atoms with Crippen molar-refractivity contribution in [1.29, 1.82) is 0 Å². The Morgan fingerprint density at radius 1 is 0.960 bits per heavy atom. The molecule has 25 heavy (non-hydrogen) atoms. The first-order valence-electron chi connectivity index (χ1n) is 6.91. The van der Waals surface area contributed by atoms with E-state index in [0.29, 0.717) is 11.4 Å². The zero-order valence-corrected chi connectivity index (χ0v) is 12.7. The van der Waals surface area contributed by atoms with Crippen LogP contribution in [0, 0.1) is 0 Å². The highest BCUT2D eigenvalue weighted by atomic mass is 19.4. The number of ether oxygens (including phenoxy) is 2. The van der Waals surface area contributed by atoms with Crippen LogP contribution in [-0.4, -0.2) is 24.8 Å². The Morgan fingerprint density at radius 3 is 2.04 bits per heavy atom. The van der Waals surface area contributed by atoms with E-state index < -0.39 is 23.9 Å². The number of amides is 2. The molecule has 0 aliphatic rings. The minimum Gasteiger partial charge on any atom is -0.484 e. The average Bonchev–Trinajstić information content (AvgIpc) is 2.53. The van der Waals surface area contributed by atoms with E-state index in [1.165, 1.54) is 36.4 Å². The number of carbonyl (C=O) groups is 2. The Bertz CT molecular complexity index is 743. The lowest BCUT2D eigenvalue weighted by Gasteiger charge is -2.10. The maximum Gasteiger partial charge on any atom is 0.573 e. The first kappa shape index (κ1) is 18.1. The summed E-state index contributed by atoms with van der Waals surface area (Å²) >= 11 is 0. The molecule has 0 aliphatic heterocycles. The number of alkyl halides is 3. The molecule has 0 aliphatic carbocycles. The number of rotatable bonds is 6. The molecule has 0 radical (unpaired) electrons. The van der Waals surface area contributed by atoms with E-state index in [0.717, 1.165) is 12.1 Å². The molecule has 0 aromatic heterocycles. The molecule has 2 amide bonds. The van der Waals surface area contributed by atoms with E-state index in [2.05, 4.69) is 10.1 Å². The lowest BCUT2D eigenvalue weighted by molar-refractivity contribution is -0.274. The van der Waals surface area contributed by atoms with Gasteiger partial charge >= 0.3 is 6.36 Å². The van der Waals surface area contributed by atoms with Crippen LogP contribution < -0.4 is 20.5 Å². The standard InChI is InChI=1S/C16H13F3N2O4/c17-16(18,19)25-13-5-1-10(2-6-13)15(23)21-11-3-7-12(8-4-11)24-9-14(20)22/h1-8H,9H2,(H2,20,22)(H,21,23). The van der Waals surface area contributed by atoms with Crippen LogP contribution in [0.3, 0.4) is 0 Å². The van der Waals surface area contributed by atoms with Crippen molar-refractivity contribution in [3.8, 4) is 11.5 Å². The first-order valence-corrected chi connectivity index (χ1v) is 6.91. The van der Waals surface area contributed by atoms with Crippen LogP contribution in [0.15, 0.2) is 48.5 Å². The maximum atomic E-state index is 12.1. The number of primary amides is 1. The van der Waals surface area contributed by atoms with Crippen molar-refractivity contribution in [2.75, 3.05) is 11.9 Å². The number of nitrogens with one attached hydrogen (secondary N) is 1. The predicted molar refractivity (Wildman–Crippen MR) is 82.2 cm³/mol. The normalized spacial score (nSPS) is 10.8. The predicted octanol–water partition coefficient (Wildman–Crippen LogP) is 2.70. The quantitative estimate of drug-likeness (QED) is 0.834. The topological polar surface area (TPSA) is 90.7 Å². The fraction of sp³-hybridized carbons (Fsp3) is 0.125. The molecule has 6 nitrogen and oxygen atoms in total. The Morgan fingerprint density at radius 2 is 1.52 bits per heavy atom. The summed E-state index contributed by atoms with van der Waals surface area (Å²) < 4.78 is 45.0. The summed E-state index contributed by atoms with van der Waals surface area (Å²) in [5.41, 5.74) is 5.55. The minimum absolute atomic E-state index is 0.156. The van der Waals surface area contributed by atoms with Gasteiger partial charge in [-0.1, -0.05) is 0 Å². The molecular weight excluding hydrogens is 341 g/mol. The number of halogens is 3.